The Morgan fingerprint density at radius 2 is 2.19 bits per heavy atom. The summed E-state index contributed by atoms with van der Waals surface area (Å²) in [5.41, 5.74) is 5.36. The Hall–Kier alpha value is -0.470. The lowest BCUT2D eigenvalue weighted by molar-refractivity contribution is -0.0999. The van der Waals surface area contributed by atoms with Gasteiger partial charge in [0.05, 0.1) is 3.57 Å². The fourth-order valence-corrected chi connectivity index (χ4v) is 2.08. The number of methoxy groups -OCH3 is 1. The van der Waals surface area contributed by atoms with Crippen LogP contribution in [-0.2, 0) is 15.1 Å². The highest BCUT2D eigenvalue weighted by molar-refractivity contribution is 14.1. The predicted molar refractivity (Wildman–Crippen MR) is 67.9 cm³/mol. The van der Waals surface area contributed by atoms with Crippen LogP contribution in [0.15, 0.2) is 6.20 Å². The first-order valence-electron chi connectivity index (χ1n) is 5.09. The summed E-state index contributed by atoms with van der Waals surface area (Å²) in [6.07, 6.45) is 3.27. The van der Waals surface area contributed by atoms with Gasteiger partial charge in [0.1, 0.15) is 11.4 Å². The van der Waals surface area contributed by atoms with E-state index in [2.05, 4.69) is 32.6 Å². The molecule has 16 heavy (non-hydrogen) atoms. The van der Waals surface area contributed by atoms with Crippen molar-refractivity contribution in [1.29, 1.82) is 0 Å². The minimum absolute atomic E-state index is 0.434. The Bertz CT molecular complexity index is 380. The fourth-order valence-electron chi connectivity index (χ4n) is 1.82. The molecule has 0 atom stereocenters. The van der Waals surface area contributed by atoms with Gasteiger partial charge in [-0.25, -0.2) is 9.97 Å². The van der Waals surface area contributed by atoms with Gasteiger partial charge in [-0.2, -0.15) is 0 Å². The molecule has 1 aromatic heterocycles. The normalized spacial score (nSPS) is 19.6. The van der Waals surface area contributed by atoms with Crippen LogP contribution in [0.25, 0.3) is 0 Å². The molecule has 1 saturated heterocycles. The second-order valence-corrected chi connectivity index (χ2v) is 4.90. The number of aromatic nitrogens is 2. The van der Waals surface area contributed by atoms with Crippen molar-refractivity contribution in [3.05, 3.63) is 15.6 Å². The average Bonchev–Trinajstić information content (AvgIpc) is 2.33. The summed E-state index contributed by atoms with van der Waals surface area (Å²) in [6, 6.07) is 0. The summed E-state index contributed by atoms with van der Waals surface area (Å²) < 4.78 is 11.8. The molecule has 0 aromatic carbocycles. The molecule has 6 heteroatoms. The number of nitrogens with two attached hydrogens (primary N) is 1. The van der Waals surface area contributed by atoms with Gasteiger partial charge in [-0.05, 0) is 22.6 Å². The van der Waals surface area contributed by atoms with E-state index in [0.29, 0.717) is 24.9 Å². The van der Waals surface area contributed by atoms with E-state index in [1.807, 2.05) is 0 Å². The van der Waals surface area contributed by atoms with Crippen molar-refractivity contribution < 1.29 is 9.47 Å². The average molecular weight is 335 g/mol. The maximum atomic E-state index is 5.80. The Kier molecular flexibility index (Phi) is 3.60. The van der Waals surface area contributed by atoms with Crippen molar-refractivity contribution in [3.8, 4) is 0 Å². The molecule has 5 nitrogen and oxygen atoms in total. The van der Waals surface area contributed by atoms with Crippen LogP contribution in [0.5, 0.6) is 0 Å². The number of ether oxygens (including phenoxy) is 2. The molecule has 1 aliphatic rings. The monoisotopic (exact) mass is 335 g/mol. The molecule has 1 fully saturated rings. The van der Waals surface area contributed by atoms with E-state index < -0.39 is 5.60 Å². The molecule has 0 radical (unpaired) electrons. The van der Waals surface area contributed by atoms with Crippen LogP contribution in [0.2, 0.25) is 0 Å². The molecule has 0 unspecified atom stereocenters. The highest BCUT2D eigenvalue weighted by Crippen LogP contribution is 2.33. The second kappa shape index (κ2) is 4.80. The van der Waals surface area contributed by atoms with E-state index >= 15 is 0 Å². The Morgan fingerprint density at radius 1 is 1.50 bits per heavy atom. The molecule has 2 N–H and O–H groups in total. The lowest BCUT2D eigenvalue weighted by Crippen LogP contribution is -2.37. The van der Waals surface area contributed by atoms with Gasteiger partial charge in [-0.1, -0.05) is 0 Å². The molecular weight excluding hydrogens is 321 g/mol. The first-order chi connectivity index (χ1) is 7.68. The quantitative estimate of drug-likeness (QED) is 0.826. The summed E-state index contributed by atoms with van der Waals surface area (Å²) in [4.78, 5) is 8.64. The van der Waals surface area contributed by atoms with Crippen molar-refractivity contribution in [1.82, 2.24) is 9.97 Å². The Labute approximate surface area is 108 Å². The minimum Gasteiger partial charge on any atom is -0.383 e. The first kappa shape index (κ1) is 12.0. The number of rotatable bonds is 2. The van der Waals surface area contributed by atoms with Crippen LogP contribution < -0.4 is 5.73 Å². The molecule has 1 aromatic rings. The van der Waals surface area contributed by atoms with Gasteiger partial charge in [0, 0.05) is 39.4 Å². The molecule has 88 valence electrons. The van der Waals surface area contributed by atoms with Crippen LogP contribution in [-0.4, -0.2) is 30.3 Å². The van der Waals surface area contributed by atoms with Crippen molar-refractivity contribution in [2.24, 2.45) is 0 Å². The third-order valence-electron chi connectivity index (χ3n) is 2.87. The molecule has 2 heterocycles. The maximum Gasteiger partial charge on any atom is 0.162 e. The minimum atomic E-state index is -0.434. The van der Waals surface area contributed by atoms with E-state index in [1.165, 1.54) is 0 Å². The topological polar surface area (TPSA) is 70.3 Å². The van der Waals surface area contributed by atoms with Gasteiger partial charge < -0.3 is 15.2 Å². The largest absolute Gasteiger partial charge is 0.383 e. The number of nitrogens with zero attached hydrogens (tertiary/aromatic N) is 2. The summed E-state index contributed by atoms with van der Waals surface area (Å²) in [6.45, 7) is 1.34. The van der Waals surface area contributed by atoms with Crippen molar-refractivity contribution in [2.75, 3.05) is 26.1 Å². The van der Waals surface area contributed by atoms with Crippen LogP contribution in [0.1, 0.15) is 18.7 Å². The van der Waals surface area contributed by atoms with Gasteiger partial charge in [0.2, 0.25) is 0 Å². The summed E-state index contributed by atoms with van der Waals surface area (Å²) >= 11 is 2.11. The number of anilines is 1. The number of nitrogen functional groups attached to an aromatic ring is 1. The standard InChI is InChI=1S/C10H14IN3O2/c1-15-10(2-4-16-5-3-10)9-13-6-7(11)8(12)14-9/h6H,2-5H2,1H3,(H2,12,13,14). The number of hydrogen-bond donors (Lipinski definition) is 1. The molecule has 0 aliphatic carbocycles. The van der Waals surface area contributed by atoms with E-state index in [9.17, 15) is 0 Å². The summed E-state index contributed by atoms with van der Waals surface area (Å²) in [5, 5.41) is 0. The van der Waals surface area contributed by atoms with Crippen LogP contribution >= 0.6 is 22.6 Å². The molecule has 1 aliphatic heterocycles. The van der Waals surface area contributed by atoms with Crippen molar-refractivity contribution >= 4 is 28.4 Å². The lowest BCUT2D eigenvalue weighted by atomic mass is 9.93. The molecule has 0 bridgehead atoms. The first-order valence-corrected chi connectivity index (χ1v) is 6.17. The fraction of sp³-hybridized carbons (Fsp3) is 0.600. The van der Waals surface area contributed by atoms with Crippen LogP contribution in [0.3, 0.4) is 0 Å². The third-order valence-corrected chi connectivity index (χ3v) is 3.70. The Balaban J connectivity index is 2.35. The maximum absolute atomic E-state index is 5.80. The zero-order valence-corrected chi connectivity index (χ0v) is 11.2. The van der Waals surface area contributed by atoms with Gasteiger partial charge in [-0.3, -0.25) is 0 Å². The highest BCUT2D eigenvalue weighted by Gasteiger charge is 2.37. The van der Waals surface area contributed by atoms with Gasteiger partial charge >= 0.3 is 0 Å². The zero-order chi connectivity index (χ0) is 11.6. The number of hydrogen-bond acceptors (Lipinski definition) is 5. The van der Waals surface area contributed by atoms with E-state index in [0.717, 1.165) is 16.4 Å². The van der Waals surface area contributed by atoms with E-state index in [1.54, 1.807) is 13.3 Å². The lowest BCUT2D eigenvalue weighted by Gasteiger charge is -2.34. The van der Waals surface area contributed by atoms with E-state index in [-0.39, 0.29) is 0 Å². The molecule has 0 saturated carbocycles. The van der Waals surface area contributed by atoms with Crippen LogP contribution in [0.4, 0.5) is 5.82 Å². The Morgan fingerprint density at radius 3 is 2.75 bits per heavy atom. The van der Waals surface area contributed by atoms with E-state index in [4.69, 9.17) is 15.2 Å². The molecule has 2 rings (SSSR count). The summed E-state index contributed by atoms with van der Waals surface area (Å²) in [5.74, 6) is 1.17. The van der Waals surface area contributed by atoms with Crippen LogP contribution in [0, 0.1) is 3.57 Å². The van der Waals surface area contributed by atoms with Gasteiger partial charge in [0.25, 0.3) is 0 Å². The van der Waals surface area contributed by atoms with Gasteiger partial charge in [-0.15, -0.1) is 0 Å². The second-order valence-electron chi connectivity index (χ2n) is 3.74. The van der Waals surface area contributed by atoms with Crippen molar-refractivity contribution in [3.63, 3.8) is 0 Å². The third kappa shape index (κ3) is 2.14. The SMILES string of the molecule is COC1(c2ncc(I)c(N)n2)CCOCC1. The number of halogens is 1. The summed E-state index contributed by atoms with van der Waals surface area (Å²) in [7, 11) is 1.68. The van der Waals surface area contributed by atoms with Gasteiger partial charge in [0.15, 0.2) is 5.82 Å². The van der Waals surface area contributed by atoms with Crippen molar-refractivity contribution in [2.45, 2.75) is 18.4 Å². The molecular formula is C10H14IN3O2. The predicted octanol–water partition coefficient (Wildman–Crippen LogP) is 1.32. The smallest absolute Gasteiger partial charge is 0.162 e. The molecule has 0 amide bonds. The molecule has 0 spiro atoms. The zero-order valence-electron chi connectivity index (χ0n) is 9.07. The highest BCUT2D eigenvalue weighted by atomic mass is 127.